The third-order valence-corrected chi connectivity index (χ3v) is 1.60. The number of halogens is 5. The van der Waals surface area contributed by atoms with Gasteiger partial charge >= 0.3 is 6.36 Å². The molecule has 0 unspecified atom stereocenters. The van der Waals surface area contributed by atoms with E-state index < -0.39 is 17.9 Å². The van der Waals surface area contributed by atoms with E-state index in [1.807, 2.05) is 0 Å². The summed E-state index contributed by atoms with van der Waals surface area (Å²) < 4.78 is 51.2. The Kier molecular flexibility index (Phi) is 2.75. The highest BCUT2D eigenvalue weighted by molar-refractivity contribution is 6.33. The Morgan fingerprint density at radius 3 is 2.36 bits per heavy atom. The van der Waals surface area contributed by atoms with Crippen molar-refractivity contribution >= 4 is 17.3 Å². The summed E-state index contributed by atoms with van der Waals surface area (Å²) in [5.41, 5.74) is 4.99. The van der Waals surface area contributed by atoms with E-state index in [1.54, 1.807) is 0 Å². The first-order valence-corrected chi connectivity index (χ1v) is 3.67. The number of alkyl halides is 3. The fraction of sp³-hybridized carbons (Fsp3) is 0.143. The number of rotatable bonds is 1. The fourth-order valence-corrected chi connectivity index (χ4v) is 0.901. The molecule has 1 rings (SSSR count). The van der Waals surface area contributed by atoms with Gasteiger partial charge in [-0.1, -0.05) is 11.6 Å². The summed E-state index contributed by atoms with van der Waals surface area (Å²) in [4.78, 5) is 0. The van der Waals surface area contributed by atoms with E-state index in [-0.39, 0.29) is 10.7 Å². The standard InChI is InChI=1S/C7H4ClF4NO/c8-3-1-6(14-7(10,11)12)4(9)2-5(3)13/h1-2H,13H2. The molecule has 7 heteroatoms. The molecule has 1 aromatic rings. The lowest BCUT2D eigenvalue weighted by atomic mass is 10.3. The summed E-state index contributed by atoms with van der Waals surface area (Å²) in [6.45, 7) is 0. The van der Waals surface area contributed by atoms with E-state index in [4.69, 9.17) is 17.3 Å². The number of nitrogens with two attached hydrogens (primary N) is 1. The molecule has 0 fully saturated rings. The third-order valence-electron chi connectivity index (χ3n) is 1.28. The molecule has 0 aliphatic rings. The summed E-state index contributed by atoms with van der Waals surface area (Å²) in [6, 6.07) is 1.32. The van der Waals surface area contributed by atoms with Crippen LogP contribution >= 0.6 is 11.6 Å². The van der Waals surface area contributed by atoms with Crippen LogP contribution in [-0.4, -0.2) is 6.36 Å². The minimum atomic E-state index is -4.96. The largest absolute Gasteiger partial charge is 0.573 e. The summed E-state index contributed by atoms with van der Waals surface area (Å²) in [5, 5.41) is -0.203. The molecule has 0 bridgehead atoms. The van der Waals surface area contributed by atoms with E-state index >= 15 is 0 Å². The van der Waals surface area contributed by atoms with Crippen LogP contribution in [0.3, 0.4) is 0 Å². The van der Waals surface area contributed by atoms with Crippen molar-refractivity contribution in [2.45, 2.75) is 6.36 Å². The van der Waals surface area contributed by atoms with Gasteiger partial charge in [0.15, 0.2) is 11.6 Å². The number of ether oxygens (including phenoxy) is 1. The van der Waals surface area contributed by atoms with Crippen LogP contribution in [0, 0.1) is 5.82 Å². The van der Waals surface area contributed by atoms with Crippen LogP contribution in [0.5, 0.6) is 5.75 Å². The Balaban J connectivity index is 3.04. The van der Waals surface area contributed by atoms with Crippen molar-refractivity contribution in [2.24, 2.45) is 0 Å². The van der Waals surface area contributed by atoms with Gasteiger partial charge in [-0.15, -0.1) is 13.2 Å². The third kappa shape index (κ3) is 2.66. The van der Waals surface area contributed by atoms with E-state index in [9.17, 15) is 17.6 Å². The molecule has 14 heavy (non-hydrogen) atoms. The molecule has 0 saturated heterocycles. The maximum atomic E-state index is 12.8. The van der Waals surface area contributed by atoms with Crippen LogP contribution < -0.4 is 10.5 Å². The Hall–Kier alpha value is -1.17. The molecule has 0 aliphatic heterocycles. The number of anilines is 1. The van der Waals surface area contributed by atoms with Gasteiger partial charge in [0.1, 0.15) is 0 Å². The average molecular weight is 230 g/mol. The predicted molar refractivity (Wildman–Crippen MR) is 42.5 cm³/mol. The van der Waals surface area contributed by atoms with E-state index in [0.717, 1.165) is 0 Å². The van der Waals surface area contributed by atoms with Crippen molar-refractivity contribution in [3.05, 3.63) is 23.0 Å². The number of nitrogen functional groups attached to an aromatic ring is 1. The molecule has 0 aliphatic carbocycles. The van der Waals surface area contributed by atoms with Crippen LogP contribution in [0.1, 0.15) is 0 Å². The monoisotopic (exact) mass is 229 g/mol. The summed E-state index contributed by atoms with van der Waals surface area (Å²) in [5.74, 6) is -2.22. The summed E-state index contributed by atoms with van der Waals surface area (Å²) in [7, 11) is 0. The van der Waals surface area contributed by atoms with Gasteiger partial charge < -0.3 is 10.5 Å². The zero-order valence-corrected chi connectivity index (χ0v) is 7.29. The van der Waals surface area contributed by atoms with Crippen molar-refractivity contribution in [2.75, 3.05) is 5.73 Å². The molecule has 0 heterocycles. The van der Waals surface area contributed by atoms with Crippen molar-refractivity contribution in [3.8, 4) is 5.75 Å². The Morgan fingerprint density at radius 2 is 1.86 bits per heavy atom. The first-order valence-electron chi connectivity index (χ1n) is 3.30. The lowest BCUT2D eigenvalue weighted by Gasteiger charge is -2.10. The second kappa shape index (κ2) is 3.53. The minimum Gasteiger partial charge on any atom is -0.403 e. The average Bonchev–Trinajstić information content (AvgIpc) is 1.97. The second-order valence-corrected chi connectivity index (χ2v) is 2.76. The van der Waals surface area contributed by atoms with Gasteiger partial charge in [0.05, 0.1) is 10.7 Å². The molecule has 0 saturated carbocycles. The Bertz CT molecular complexity index is 352. The van der Waals surface area contributed by atoms with E-state index in [0.29, 0.717) is 12.1 Å². The minimum absolute atomic E-state index is 0.154. The molecular weight excluding hydrogens is 226 g/mol. The molecule has 0 aromatic heterocycles. The molecule has 0 spiro atoms. The number of hydrogen-bond donors (Lipinski definition) is 1. The van der Waals surface area contributed by atoms with Crippen LogP contribution in [-0.2, 0) is 0 Å². The first-order chi connectivity index (χ1) is 6.29. The van der Waals surface area contributed by atoms with Gasteiger partial charge in [-0.05, 0) is 0 Å². The Morgan fingerprint density at radius 1 is 1.29 bits per heavy atom. The van der Waals surface area contributed by atoms with Crippen molar-refractivity contribution in [3.63, 3.8) is 0 Å². The Labute approximate surface area is 81.2 Å². The van der Waals surface area contributed by atoms with Crippen LogP contribution in [0.25, 0.3) is 0 Å². The highest BCUT2D eigenvalue weighted by Crippen LogP contribution is 2.31. The molecule has 2 nitrogen and oxygen atoms in total. The van der Waals surface area contributed by atoms with Gasteiger partial charge in [0.25, 0.3) is 0 Å². The SMILES string of the molecule is Nc1cc(F)c(OC(F)(F)F)cc1Cl. The molecule has 0 amide bonds. The van der Waals surface area contributed by atoms with E-state index in [1.165, 1.54) is 0 Å². The maximum absolute atomic E-state index is 12.8. The van der Waals surface area contributed by atoms with Gasteiger partial charge in [0.2, 0.25) is 0 Å². The first kappa shape index (κ1) is 10.9. The van der Waals surface area contributed by atoms with Crippen molar-refractivity contribution < 1.29 is 22.3 Å². The molecule has 0 radical (unpaired) electrons. The smallest absolute Gasteiger partial charge is 0.403 e. The topological polar surface area (TPSA) is 35.2 Å². The van der Waals surface area contributed by atoms with Crippen molar-refractivity contribution in [1.82, 2.24) is 0 Å². The summed E-state index contributed by atoms with van der Waals surface area (Å²) in [6.07, 6.45) is -4.96. The molecule has 78 valence electrons. The highest BCUT2D eigenvalue weighted by atomic mass is 35.5. The number of benzene rings is 1. The van der Waals surface area contributed by atoms with Crippen molar-refractivity contribution in [1.29, 1.82) is 0 Å². The van der Waals surface area contributed by atoms with Crippen LogP contribution in [0.4, 0.5) is 23.2 Å². The molecular formula is C7H4ClF4NO. The molecule has 2 N–H and O–H groups in total. The predicted octanol–water partition coefficient (Wildman–Crippen LogP) is 2.96. The highest BCUT2D eigenvalue weighted by Gasteiger charge is 2.32. The van der Waals surface area contributed by atoms with Gasteiger partial charge in [-0.25, -0.2) is 4.39 Å². The fourth-order valence-electron chi connectivity index (χ4n) is 0.747. The van der Waals surface area contributed by atoms with Gasteiger partial charge in [-0.3, -0.25) is 0 Å². The normalized spacial score (nSPS) is 11.5. The zero-order valence-electron chi connectivity index (χ0n) is 6.53. The summed E-state index contributed by atoms with van der Waals surface area (Å²) >= 11 is 5.38. The van der Waals surface area contributed by atoms with Gasteiger partial charge in [-0.2, -0.15) is 0 Å². The lowest BCUT2D eigenvalue weighted by Crippen LogP contribution is -2.18. The lowest BCUT2D eigenvalue weighted by molar-refractivity contribution is -0.275. The molecule has 1 aromatic carbocycles. The quantitative estimate of drug-likeness (QED) is 0.594. The zero-order chi connectivity index (χ0) is 10.9. The molecule has 0 atom stereocenters. The van der Waals surface area contributed by atoms with Gasteiger partial charge in [0, 0.05) is 12.1 Å². The number of hydrogen-bond acceptors (Lipinski definition) is 2. The maximum Gasteiger partial charge on any atom is 0.573 e. The van der Waals surface area contributed by atoms with Crippen LogP contribution in [0.2, 0.25) is 5.02 Å². The second-order valence-electron chi connectivity index (χ2n) is 2.35. The van der Waals surface area contributed by atoms with E-state index in [2.05, 4.69) is 4.74 Å². The van der Waals surface area contributed by atoms with Crippen LogP contribution in [0.15, 0.2) is 12.1 Å².